The van der Waals surface area contributed by atoms with Gasteiger partial charge in [0, 0.05) is 15.8 Å². The van der Waals surface area contributed by atoms with Crippen molar-refractivity contribution in [3.8, 4) is 5.75 Å². The summed E-state index contributed by atoms with van der Waals surface area (Å²) in [6.07, 6.45) is 0. The number of H-pyrrole nitrogens is 1. The molecule has 3 rings (SSSR count). The first-order chi connectivity index (χ1) is 11.6. The predicted molar refractivity (Wildman–Crippen MR) is 93.1 cm³/mol. The molecule has 1 heterocycles. The number of hydrogen-bond acceptors (Lipinski definition) is 4. The van der Waals surface area contributed by atoms with Gasteiger partial charge in [0.2, 0.25) is 5.16 Å². The van der Waals surface area contributed by atoms with Crippen LogP contribution in [0, 0.1) is 5.82 Å². The number of rotatable bonds is 6. The Morgan fingerprint density at radius 1 is 1.12 bits per heavy atom. The second-order valence-corrected chi connectivity index (χ2v) is 6.62. The van der Waals surface area contributed by atoms with Crippen LogP contribution in [0.3, 0.4) is 0 Å². The van der Waals surface area contributed by atoms with Crippen LogP contribution < -0.4 is 4.74 Å². The number of nitrogens with one attached hydrogen (secondary N) is 1. The summed E-state index contributed by atoms with van der Waals surface area (Å²) >= 11 is 13.2. The van der Waals surface area contributed by atoms with Crippen molar-refractivity contribution < 1.29 is 9.13 Å². The van der Waals surface area contributed by atoms with Crippen LogP contribution in [0.1, 0.15) is 11.4 Å². The number of hydrogen-bond donors (Lipinski definition) is 1. The van der Waals surface area contributed by atoms with E-state index < -0.39 is 0 Å². The van der Waals surface area contributed by atoms with Gasteiger partial charge in [0.25, 0.3) is 0 Å². The topological polar surface area (TPSA) is 50.8 Å². The van der Waals surface area contributed by atoms with Crippen LogP contribution in [0.4, 0.5) is 4.39 Å². The van der Waals surface area contributed by atoms with E-state index in [0.717, 1.165) is 5.56 Å². The van der Waals surface area contributed by atoms with Gasteiger partial charge in [-0.3, -0.25) is 5.10 Å². The molecule has 1 aromatic heterocycles. The number of benzene rings is 2. The van der Waals surface area contributed by atoms with Crippen LogP contribution in [0.25, 0.3) is 0 Å². The van der Waals surface area contributed by atoms with Gasteiger partial charge in [-0.25, -0.2) is 9.37 Å². The molecule has 0 spiro atoms. The van der Waals surface area contributed by atoms with Gasteiger partial charge in [-0.15, -0.1) is 5.10 Å². The van der Waals surface area contributed by atoms with Crippen LogP contribution in [0.5, 0.6) is 5.75 Å². The Bertz CT molecular complexity index is 826. The third-order valence-electron chi connectivity index (χ3n) is 3.07. The summed E-state index contributed by atoms with van der Waals surface area (Å²) in [5.74, 6) is 1.50. The molecule has 0 atom stereocenters. The highest BCUT2D eigenvalue weighted by molar-refractivity contribution is 7.98. The van der Waals surface area contributed by atoms with Gasteiger partial charge >= 0.3 is 0 Å². The van der Waals surface area contributed by atoms with E-state index in [1.54, 1.807) is 30.3 Å². The lowest BCUT2D eigenvalue weighted by Gasteiger charge is -2.03. The fourth-order valence-electron chi connectivity index (χ4n) is 1.87. The zero-order valence-electron chi connectivity index (χ0n) is 12.3. The number of halogens is 3. The molecule has 1 N–H and O–H groups in total. The van der Waals surface area contributed by atoms with Gasteiger partial charge < -0.3 is 4.74 Å². The highest BCUT2D eigenvalue weighted by atomic mass is 35.5. The van der Waals surface area contributed by atoms with Crippen molar-refractivity contribution in [2.45, 2.75) is 17.5 Å². The maximum Gasteiger partial charge on any atom is 0.208 e. The van der Waals surface area contributed by atoms with Crippen molar-refractivity contribution in [1.29, 1.82) is 0 Å². The second kappa shape index (κ2) is 7.88. The maximum absolute atomic E-state index is 13.0. The van der Waals surface area contributed by atoms with E-state index >= 15 is 0 Å². The van der Waals surface area contributed by atoms with Crippen molar-refractivity contribution in [2.75, 3.05) is 0 Å². The molecule has 0 aliphatic carbocycles. The first-order valence-electron chi connectivity index (χ1n) is 6.96. The molecule has 124 valence electrons. The average Bonchev–Trinajstić information content (AvgIpc) is 3.01. The standard InChI is InChI=1S/C16H12Cl2FN3OS/c17-11-2-5-13(6-3-11)23-8-15-20-16(22-21-15)24-9-10-1-4-12(19)7-14(10)18/h1-7H,8-9H2,(H,20,21,22). The van der Waals surface area contributed by atoms with Crippen LogP contribution >= 0.6 is 35.0 Å². The molecule has 0 bridgehead atoms. The summed E-state index contributed by atoms with van der Waals surface area (Å²) in [5, 5.41) is 8.55. The number of nitrogens with zero attached hydrogens (tertiary/aromatic N) is 2. The van der Waals surface area contributed by atoms with Crippen molar-refractivity contribution in [2.24, 2.45) is 0 Å². The number of aromatic amines is 1. The molecule has 0 unspecified atom stereocenters. The summed E-state index contributed by atoms with van der Waals surface area (Å²) in [6.45, 7) is 0.270. The van der Waals surface area contributed by atoms with Gasteiger partial charge in [-0.2, -0.15) is 0 Å². The SMILES string of the molecule is Fc1ccc(CSc2n[nH]c(COc3ccc(Cl)cc3)n2)c(Cl)c1. The molecule has 3 aromatic rings. The molecule has 0 saturated carbocycles. The quantitative estimate of drug-likeness (QED) is 0.600. The Hall–Kier alpha value is -1.76. The lowest BCUT2D eigenvalue weighted by molar-refractivity contribution is 0.296. The molecule has 0 radical (unpaired) electrons. The van der Waals surface area contributed by atoms with Crippen LogP contribution in [-0.2, 0) is 12.4 Å². The average molecular weight is 384 g/mol. The molecule has 4 nitrogen and oxygen atoms in total. The smallest absolute Gasteiger partial charge is 0.208 e. The Labute approximate surface area is 152 Å². The summed E-state index contributed by atoms with van der Waals surface area (Å²) in [6, 6.07) is 11.4. The van der Waals surface area contributed by atoms with E-state index in [4.69, 9.17) is 27.9 Å². The minimum atomic E-state index is -0.353. The van der Waals surface area contributed by atoms with E-state index in [-0.39, 0.29) is 12.4 Å². The fraction of sp³-hybridized carbons (Fsp3) is 0.125. The summed E-state index contributed by atoms with van der Waals surface area (Å²) in [7, 11) is 0. The van der Waals surface area contributed by atoms with Crippen LogP contribution in [-0.4, -0.2) is 15.2 Å². The molecule has 24 heavy (non-hydrogen) atoms. The largest absolute Gasteiger partial charge is 0.486 e. The number of thioether (sulfide) groups is 1. The monoisotopic (exact) mass is 383 g/mol. The summed E-state index contributed by atoms with van der Waals surface area (Å²) < 4.78 is 18.6. The van der Waals surface area contributed by atoms with Crippen LogP contribution in [0.15, 0.2) is 47.6 Å². The number of aromatic nitrogens is 3. The van der Waals surface area contributed by atoms with Crippen molar-refractivity contribution >= 4 is 35.0 Å². The molecule has 2 aromatic carbocycles. The third-order valence-corrected chi connectivity index (χ3v) is 4.57. The predicted octanol–water partition coefficient (Wildman–Crippen LogP) is 5.12. The minimum absolute atomic E-state index is 0.270. The first kappa shape index (κ1) is 17.1. The molecular weight excluding hydrogens is 372 g/mol. The van der Waals surface area contributed by atoms with Gasteiger partial charge in [-0.1, -0.05) is 41.0 Å². The lowest BCUT2D eigenvalue weighted by Crippen LogP contribution is -1.97. The molecule has 0 fully saturated rings. The van der Waals surface area contributed by atoms with E-state index in [1.165, 1.54) is 23.9 Å². The van der Waals surface area contributed by atoms with Gasteiger partial charge in [0.1, 0.15) is 18.2 Å². The molecule has 0 aliphatic heterocycles. The van der Waals surface area contributed by atoms with Gasteiger partial charge in [-0.05, 0) is 42.0 Å². The van der Waals surface area contributed by atoms with Gasteiger partial charge in [0.05, 0.1) is 0 Å². The fourth-order valence-corrected chi connectivity index (χ4v) is 3.13. The normalized spacial score (nSPS) is 10.8. The molecule has 0 amide bonds. The highest BCUT2D eigenvalue weighted by Gasteiger charge is 2.08. The molecular formula is C16H12Cl2FN3OS. The molecule has 8 heteroatoms. The molecule has 0 aliphatic rings. The zero-order chi connectivity index (χ0) is 16.9. The maximum atomic E-state index is 13.0. The zero-order valence-corrected chi connectivity index (χ0v) is 14.6. The van der Waals surface area contributed by atoms with Crippen LogP contribution in [0.2, 0.25) is 10.0 Å². The Balaban J connectivity index is 1.54. The third kappa shape index (κ3) is 4.63. The lowest BCUT2D eigenvalue weighted by atomic mass is 10.2. The van der Waals surface area contributed by atoms with Crippen molar-refractivity contribution in [3.63, 3.8) is 0 Å². The summed E-state index contributed by atoms with van der Waals surface area (Å²) in [5.41, 5.74) is 0.826. The van der Waals surface area contributed by atoms with E-state index in [9.17, 15) is 4.39 Å². The van der Waals surface area contributed by atoms with E-state index in [0.29, 0.717) is 32.5 Å². The minimum Gasteiger partial charge on any atom is -0.486 e. The Morgan fingerprint density at radius 3 is 2.67 bits per heavy atom. The number of ether oxygens (including phenoxy) is 1. The molecule has 0 saturated heterocycles. The van der Waals surface area contributed by atoms with E-state index in [2.05, 4.69) is 15.2 Å². The first-order valence-corrected chi connectivity index (χ1v) is 8.71. The highest BCUT2D eigenvalue weighted by Crippen LogP contribution is 2.25. The summed E-state index contributed by atoms with van der Waals surface area (Å²) in [4.78, 5) is 4.33. The van der Waals surface area contributed by atoms with E-state index in [1.807, 2.05) is 0 Å². The Morgan fingerprint density at radius 2 is 1.92 bits per heavy atom. The van der Waals surface area contributed by atoms with Crippen molar-refractivity contribution in [1.82, 2.24) is 15.2 Å². The second-order valence-electron chi connectivity index (χ2n) is 4.83. The Kier molecular flexibility index (Phi) is 5.60. The van der Waals surface area contributed by atoms with Gasteiger partial charge in [0.15, 0.2) is 5.82 Å². The van der Waals surface area contributed by atoms with Crippen molar-refractivity contribution in [3.05, 3.63) is 69.7 Å².